The molecule has 1 aromatic carbocycles. The van der Waals surface area contributed by atoms with Gasteiger partial charge in [0.1, 0.15) is 0 Å². The zero-order valence-corrected chi connectivity index (χ0v) is 25.6. The van der Waals surface area contributed by atoms with Crippen molar-refractivity contribution in [3.05, 3.63) is 35.5 Å². The van der Waals surface area contributed by atoms with Crippen molar-refractivity contribution in [3.63, 3.8) is 0 Å². The van der Waals surface area contributed by atoms with Crippen LogP contribution in [0.5, 0.6) is 0 Å². The molecular weight excluding hydrogens is 572 g/mol. The van der Waals surface area contributed by atoms with Gasteiger partial charge in [0.05, 0.1) is 10.6 Å². The number of hydrogen-bond donors (Lipinski definition) is 6. The number of rotatable bonds is 7. The van der Waals surface area contributed by atoms with Gasteiger partial charge in [-0.3, -0.25) is 0 Å². The van der Waals surface area contributed by atoms with Crippen LogP contribution in [0.3, 0.4) is 0 Å². The van der Waals surface area contributed by atoms with Gasteiger partial charge in [-0.2, -0.15) is 15.0 Å². The van der Waals surface area contributed by atoms with Gasteiger partial charge in [0.15, 0.2) is 0 Å². The molecule has 0 unspecified atom stereocenters. The molecule has 0 amide bonds. The first-order valence-corrected chi connectivity index (χ1v) is 14.0. The van der Waals surface area contributed by atoms with Crippen LogP contribution in [0.15, 0.2) is 33.7 Å². The van der Waals surface area contributed by atoms with Gasteiger partial charge in [-0.15, -0.1) is 12.4 Å². The molecule has 0 atom stereocenters. The van der Waals surface area contributed by atoms with Crippen LogP contribution in [0.25, 0.3) is 0 Å². The normalized spacial score (nSPS) is 14.7. The van der Waals surface area contributed by atoms with E-state index in [0.29, 0.717) is 34.8 Å². The number of aryl methyl sites for hydroxylation is 1. The van der Waals surface area contributed by atoms with Crippen molar-refractivity contribution in [2.75, 3.05) is 46.0 Å². The molecule has 0 bridgehead atoms. The molecule has 0 radical (unpaired) electrons. The second-order valence-electron chi connectivity index (χ2n) is 9.33. The van der Waals surface area contributed by atoms with E-state index in [1.54, 1.807) is 26.0 Å². The van der Waals surface area contributed by atoms with Gasteiger partial charge in [-0.05, 0) is 76.6 Å². The SMILES string of the molecule is Cc1noc(NS(=O)(=O)c2ccc(Nc3nc(N4CCCCC4)nc(N4CCCCC4)n3)cc2)c1C.Cl.N.N.N.N.[HH].[HH].[HH].[HH]. The fraction of sp³-hybridized carbons (Fsp3) is 0.500. The Morgan fingerprint density at radius 1 is 0.780 bits per heavy atom. The molecule has 240 valence electrons. The smallest absolute Gasteiger partial charge is 0.264 e. The summed E-state index contributed by atoms with van der Waals surface area (Å²) >= 11 is 0. The van der Waals surface area contributed by atoms with Gasteiger partial charge in [-0.25, -0.2) is 13.1 Å². The first-order chi connectivity index (χ1) is 17.4. The van der Waals surface area contributed by atoms with Crippen LogP contribution in [0.1, 0.15) is 55.5 Å². The van der Waals surface area contributed by atoms with Crippen molar-refractivity contribution in [2.45, 2.75) is 57.3 Å². The van der Waals surface area contributed by atoms with E-state index in [9.17, 15) is 8.42 Å². The highest BCUT2D eigenvalue weighted by Crippen LogP contribution is 2.26. The average molecular weight is 625 g/mol. The molecule has 14 N–H and O–H groups in total. The Balaban J connectivity index is -0.000000593. The van der Waals surface area contributed by atoms with Crippen LogP contribution in [0, 0.1) is 13.8 Å². The Morgan fingerprint density at radius 3 is 1.71 bits per heavy atom. The third-order valence-electron chi connectivity index (χ3n) is 6.69. The van der Waals surface area contributed by atoms with Crippen molar-refractivity contribution >= 4 is 51.8 Å². The molecule has 17 heteroatoms. The highest BCUT2D eigenvalue weighted by atomic mass is 35.5. The number of sulfonamides is 1. The Morgan fingerprint density at radius 2 is 1.27 bits per heavy atom. The fourth-order valence-corrected chi connectivity index (χ4v) is 5.47. The minimum Gasteiger partial charge on any atom is -0.344 e. The van der Waals surface area contributed by atoms with Crippen molar-refractivity contribution in [1.29, 1.82) is 0 Å². The maximum Gasteiger partial charge on any atom is 0.264 e. The molecule has 0 spiro atoms. The maximum atomic E-state index is 12.8. The summed E-state index contributed by atoms with van der Waals surface area (Å²) in [6.45, 7) is 7.26. The molecule has 41 heavy (non-hydrogen) atoms. The Hall–Kier alpha value is -3.28. The standard InChI is InChI=1S/C24H32N8O3S.ClH.4H3N.4H2/c1-17-18(2)29-35-21(17)30-36(33,34)20-11-9-19(10-12-20)25-22-26-23(31-13-5-3-6-14-31)28-24(27-22)32-15-7-4-8-16-32;;;;;;;;;/h9-12,30H,3-8,13-16H2,1-2H3,(H,25,26,27,28);1H;4*1H3;4*1H. The summed E-state index contributed by atoms with van der Waals surface area (Å²) in [5.41, 5.74) is 1.97. The second-order valence-corrected chi connectivity index (χ2v) is 11.0. The van der Waals surface area contributed by atoms with Crippen LogP contribution in [-0.2, 0) is 10.0 Å². The van der Waals surface area contributed by atoms with Crippen molar-refractivity contribution in [3.8, 4) is 0 Å². The lowest BCUT2D eigenvalue weighted by Crippen LogP contribution is -2.34. The predicted molar refractivity (Wildman–Crippen MR) is 174 cm³/mol. The number of nitrogens with zero attached hydrogens (tertiary/aromatic N) is 6. The minimum atomic E-state index is -3.82. The van der Waals surface area contributed by atoms with Crippen LogP contribution < -0.4 is 44.4 Å². The van der Waals surface area contributed by atoms with Gasteiger partial charge < -0.3 is 44.2 Å². The summed E-state index contributed by atoms with van der Waals surface area (Å²) in [6.07, 6.45) is 6.97. The number of piperidine rings is 2. The summed E-state index contributed by atoms with van der Waals surface area (Å²) in [6, 6.07) is 6.44. The topological polar surface area (TPSA) is 269 Å². The molecule has 2 fully saturated rings. The molecule has 0 aliphatic carbocycles. The summed E-state index contributed by atoms with van der Waals surface area (Å²) < 4.78 is 33.2. The predicted octanol–water partition coefficient (Wildman–Crippen LogP) is 6.06. The highest BCUT2D eigenvalue weighted by Gasteiger charge is 2.22. The van der Waals surface area contributed by atoms with Crippen LogP contribution in [-0.4, -0.2) is 54.7 Å². The molecule has 2 aliphatic heterocycles. The zero-order chi connectivity index (χ0) is 25.1. The van der Waals surface area contributed by atoms with Crippen molar-refractivity contribution in [2.24, 2.45) is 0 Å². The number of halogens is 1. The number of nitrogens with one attached hydrogen (secondary N) is 2. The first-order valence-electron chi connectivity index (χ1n) is 12.5. The fourth-order valence-electron chi connectivity index (χ4n) is 4.42. The third-order valence-corrected chi connectivity index (χ3v) is 8.04. The molecule has 4 heterocycles. The van der Waals surface area contributed by atoms with Crippen molar-refractivity contribution in [1.82, 2.24) is 44.7 Å². The largest absolute Gasteiger partial charge is 0.344 e. The van der Waals surface area contributed by atoms with E-state index in [1.807, 2.05) is 0 Å². The van der Waals surface area contributed by atoms with E-state index < -0.39 is 10.0 Å². The number of hydrogen-bond acceptors (Lipinski definition) is 14. The van der Waals surface area contributed by atoms with Gasteiger partial charge in [0.2, 0.25) is 23.7 Å². The van der Waals surface area contributed by atoms with E-state index in [2.05, 4.69) is 25.0 Å². The van der Waals surface area contributed by atoms with Gasteiger partial charge in [-0.1, -0.05) is 5.16 Å². The summed E-state index contributed by atoms with van der Waals surface area (Å²) in [5, 5.41) is 7.04. The number of anilines is 5. The maximum absolute atomic E-state index is 12.8. The lowest BCUT2D eigenvalue weighted by Gasteiger charge is -2.30. The second kappa shape index (κ2) is 16.2. The highest BCUT2D eigenvalue weighted by molar-refractivity contribution is 7.92. The van der Waals surface area contributed by atoms with E-state index in [-0.39, 0.29) is 53.5 Å². The molecule has 3 aromatic rings. The van der Waals surface area contributed by atoms with Crippen LogP contribution in [0.2, 0.25) is 0 Å². The molecule has 15 nitrogen and oxygen atoms in total. The molecule has 0 saturated carbocycles. The number of benzene rings is 1. The molecular formula is C24H53ClN12O3S. The Bertz CT molecular complexity index is 1300. The monoisotopic (exact) mass is 624 g/mol. The van der Waals surface area contributed by atoms with Gasteiger partial charge >= 0.3 is 0 Å². The van der Waals surface area contributed by atoms with Crippen molar-refractivity contribution < 1.29 is 18.6 Å². The van der Waals surface area contributed by atoms with E-state index in [1.165, 1.54) is 25.0 Å². The summed E-state index contributed by atoms with van der Waals surface area (Å²) in [4.78, 5) is 18.8. The lowest BCUT2D eigenvalue weighted by atomic mass is 10.1. The number of aromatic nitrogens is 4. The lowest BCUT2D eigenvalue weighted by molar-refractivity contribution is 0.430. The quantitative estimate of drug-likeness (QED) is 0.174. The van der Waals surface area contributed by atoms with E-state index in [4.69, 9.17) is 19.5 Å². The molecule has 5 rings (SSSR count). The summed E-state index contributed by atoms with van der Waals surface area (Å²) in [5.74, 6) is 1.95. The molecule has 2 aliphatic rings. The van der Waals surface area contributed by atoms with Crippen LogP contribution in [0.4, 0.5) is 29.4 Å². The van der Waals surface area contributed by atoms with E-state index >= 15 is 0 Å². The first kappa shape index (κ1) is 37.7. The van der Waals surface area contributed by atoms with E-state index in [0.717, 1.165) is 51.9 Å². The van der Waals surface area contributed by atoms with Gasteiger partial charge in [0.25, 0.3) is 10.0 Å². The van der Waals surface area contributed by atoms with Crippen LogP contribution >= 0.6 is 12.4 Å². The Labute approximate surface area is 254 Å². The molecule has 2 aromatic heterocycles. The van der Waals surface area contributed by atoms with Gasteiger partial charge in [0, 0.05) is 43.1 Å². The average Bonchev–Trinajstić information content (AvgIpc) is 3.21. The Kier molecular flexibility index (Phi) is 14.9. The zero-order valence-electron chi connectivity index (χ0n) is 23.9. The minimum absolute atomic E-state index is 0. The summed E-state index contributed by atoms with van der Waals surface area (Å²) in [7, 11) is -3.82. The molecule has 2 saturated heterocycles. The third kappa shape index (κ3) is 8.85.